The highest BCUT2D eigenvalue weighted by atomic mass is 32.2. The van der Waals surface area contributed by atoms with Crippen LogP contribution in [0.25, 0.3) is 11.0 Å². The fraction of sp³-hybridized carbons (Fsp3) is 0.0833. The Kier molecular flexibility index (Phi) is 7.75. The van der Waals surface area contributed by atoms with Crippen LogP contribution in [0.15, 0.2) is 86.9 Å². The Bertz CT molecular complexity index is 1770. The standard InChI is InChI=1S/C24H18N2O11S2/c1-2-35-23(27)15-9-11-19(12-10-15)39(33,34)37-21-8-3-5-16-13-20(24(28)36-22(16)21)25(38(31)32)17-6-4-7-18(14-17)26(29)30/h3-14H,2H2,1H3,(H,31,32). The van der Waals surface area contributed by atoms with Crippen LogP contribution in [-0.4, -0.2) is 34.7 Å². The van der Waals surface area contributed by atoms with Crippen molar-refractivity contribution in [3.05, 3.63) is 98.9 Å². The van der Waals surface area contributed by atoms with Gasteiger partial charge in [0.25, 0.3) is 17.0 Å². The van der Waals surface area contributed by atoms with Crippen molar-refractivity contribution in [2.24, 2.45) is 0 Å². The average molecular weight is 575 g/mol. The van der Waals surface area contributed by atoms with Gasteiger partial charge in [0.15, 0.2) is 11.3 Å². The fourth-order valence-electron chi connectivity index (χ4n) is 3.50. The average Bonchev–Trinajstić information content (AvgIpc) is 2.89. The number of hydrogen-bond donors (Lipinski definition) is 1. The number of nitro groups is 1. The van der Waals surface area contributed by atoms with Gasteiger partial charge in [0.1, 0.15) is 10.6 Å². The summed E-state index contributed by atoms with van der Waals surface area (Å²) in [6.45, 7) is 1.78. The maximum atomic E-state index is 12.9. The van der Waals surface area contributed by atoms with Crippen LogP contribution < -0.4 is 14.1 Å². The number of para-hydroxylation sites is 1. The molecule has 0 aliphatic carbocycles. The number of non-ortho nitro benzene ring substituents is 1. The van der Waals surface area contributed by atoms with Crippen molar-refractivity contribution in [1.29, 1.82) is 0 Å². The van der Waals surface area contributed by atoms with Crippen LogP contribution in [0.3, 0.4) is 0 Å². The lowest BCUT2D eigenvalue weighted by molar-refractivity contribution is -0.384. The van der Waals surface area contributed by atoms with Crippen molar-refractivity contribution < 1.29 is 40.2 Å². The molecule has 0 saturated carbocycles. The number of anilines is 2. The van der Waals surface area contributed by atoms with E-state index in [0.717, 1.165) is 24.3 Å². The third-order valence-electron chi connectivity index (χ3n) is 5.21. The SMILES string of the molecule is CCOC(=O)c1ccc(S(=O)(=O)Oc2cccc3cc(N(c4cccc([N+](=O)[O-])c4)S(=O)O)c(=O)oc23)cc1. The van der Waals surface area contributed by atoms with Gasteiger partial charge in [0.2, 0.25) is 0 Å². The van der Waals surface area contributed by atoms with Gasteiger partial charge in [-0.2, -0.15) is 8.42 Å². The van der Waals surface area contributed by atoms with E-state index in [0.29, 0.717) is 4.31 Å². The smallest absolute Gasteiger partial charge is 0.361 e. The topological polar surface area (TPSA) is 184 Å². The van der Waals surface area contributed by atoms with Crippen molar-refractivity contribution >= 4 is 55.4 Å². The van der Waals surface area contributed by atoms with Crippen molar-refractivity contribution in [2.75, 3.05) is 10.9 Å². The zero-order valence-corrected chi connectivity index (χ0v) is 21.5. The summed E-state index contributed by atoms with van der Waals surface area (Å²) in [5.41, 5.74) is -2.26. The van der Waals surface area contributed by atoms with Gasteiger partial charge < -0.3 is 13.3 Å². The number of fused-ring (bicyclic) bond motifs is 1. The highest BCUT2D eigenvalue weighted by molar-refractivity contribution is 7.87. The second kappa shape index (κ2) is 11.0. The van der Waals surface area contributed by atoms with Gasteiger partial charge in [0.05, 0.1) is 22.8 Å². The number of carbonyl (C=O) groups is 1. The molecule has 0 aliphatic rings. The maximum absolute atomic E-state index is 12.9. The molecule has 4 rings (SSSR count). The van der Waals surface area contributed by atoms with Gasteiger partial charge in [-0.15, -0.1) is 0 Å². The molecule has 1 unspecified atom stereocenters. The van der Waals surface area contributed by atoms with Crippen LogP contribution in [0.2, 0.25) is 0 Å². The molecule has 0 aliphatic heterocycles. The van der Waals surface area contributed by atoms with Gasteiger partial charge in [-0.3, -0.25) is 14.7 Å². The van der Waals surface area contributed by atoms with Gasteiger partial charge in [-0.1, -0.05) is 18.2 Å². The van der Waals surface area contributed by atoms with E-state index in [9.17, 15) is 36.9 Å². The zero-order chi connectivity index (χ0) is 28.3. The van der Waals surface area contributed by atoms with E-state index in [1.165, 1.54) is 48.5 Å². The Morgan fingerprint density at radius 2 is 1.79 bits per heavy atom. The molecule has 15 heteroatoms. The monoisotopic (exact) mass is 574 g/mol. The third-order valence-corrected chi connectivity index (χ3v) is 7.18. The second-order valence-electron chi connectivity index (χ2n) is 7.68. The Balaban J connectivity index is 1.72. The minimum absolute atomic E-state index is 0.121. The Morgan fingerprint density at radius 1 is 1.10 bits per heavy atom. The molecule has 4 aromatic rings. The normalized spacial score (nSPS) is 12.1. The van der Waals surface area contributed by atoms with Gasteiger partial charge in [-0.05, 0) is 49.4 Å². The van der Waals surface area contributed by atoms with Crippen LogP contribution in [0.5, 0.6) is 5.75 Å². The minimum Gasteiger partial charge on any atom is -0.462 e. The number of esters is 1. The lowest BCUT2D eigenvalue weighted by Crippen LogP contribution is -2.24. The molecular formula is C24H18N2O11S2. The summed E-state index contributed by atoms with van der Waals surface area (Å²) < 4.78 is 63.7. The second-order valence-corrected chi connectivity index (χ2v) is 10.1. The van der Waals surface area contributed by atoms with Gasteiger partial charge in [0, 0.05) is 17.5 Å². The molecule has 39 heavy (non-hydrogen) atoms. The molecule has 202 valence electrons. The molecule has 0 bridgehead atoms. The van der Waals surface area contributed by atoms with Crippen LogP contribution in [0.1, 0.15) is 17.3 Å². The van der Waals surface area contributed by atoms with Crippen LogP contribution in [-0.2, 0) is 26.1 Å². The van der Waals surface area contributed by atoms with Crippen LogP contribution in [0.4, 0.5) is 17.1 Å². The van der Waals surface area contributed by atoms with Crippen LogP contribution in [0, 0.1) is 10.1 Å². The first kappa shape index (κ1) is 27.4. The van der Waals surface area contributed by atoms with Gasteiger partial charge >= 0.3 is 21.7 Å². The Labute approximate surface area is 222 Å². The number of ether oxygens (including phenoxy) is 1. The Hall–Kier alpha value is -4.60. The molecule has 0 fully saturated rings. The van der Waals surface area contributed by atoms with E-state index in [1.807, 2.05) is 0 Å². The summed E-state index contributed by atoms with van der Waals surface area (Å²) in [5, 5.41) is 11.3. The minimum atomic E-state index is -4.45. The molecule has 1 N–H and O–H groups in total. The molecular weight excluding hydrogens is 556 g/mol. The molecule has 0 spiro atoms. The molecule has 0 radical (unpaired) electrons. The summed E-state index contributed by atoms with van der Waals surface area (Å²) in [5.74, 6) is -0.977. The quantitative estimate of drug-likeness (QED) is 0.0763. The Morgan fingerprint density at radius 3 is 2.44 bits per heavy atom. The van der Waals surface area contributed by atoms with E-state index >= 15 is 0 Å². The van der Waals surface area contributed by atoms with E-state index < -0.39 is 43.6 Å². The first-order valence-corrected chi connectivity index (χ1v) is 13.4. The molecule has 0 saturated heterocycles. The maximum Gasteiger partial charge on any atom is 0.361 e. The van der Waals surface area contributed by atoms with E-state index in [2.05, 4.69) is 0 Å². The highest BCUT2D eigenvalue weighted by Gasteiger charge is 2.25. The highest BCUT2D eigenvalue weighted by Crippen LogP contribution is 2.33. The number of nitrogens with zero attached hydrogens (tertiary/aromatic N) is 2. The molecule has 13 nitrogen and oxygen atoms in total. The van der Waals surface area contributed by atoms with E-state index in [1.54, 1.807) is 6.92 Å². The lowest BCUT2D eigenvalue weighted by Gasteiger charge is -2.19. The number of hydrogen-bond acceptors (Lipinski definition) is 10. The summed E-state index contributed by atoms with van der Waals surface area (Å²) in [6.07, 6.45) is 0. The fourth-order valence-corrected chi connectivity index (χ4v) is 5.02. The molecule has 0 amide bonds. The van der Waals surface area contributed by atoms with Crippen molar-refractivity contribution in [2.45, 2.75) is 11.8 Å². The first-order chi connectivity index (χ1) is 18.5. The molecule has 1 heterocycles. The number of nitro benzene ring substituents is 1. The first-order valence-electron chi connectivity index (χ1n) is 11.0. The van der Waals surface area contributed by atoms with Gasteiger partial charge in [-0.25, -0.2) is 18.1 Å². The molecule has 3 aromatic carbocycles. The number of benzene rings is 3. The van der Waals surface area contributed by atoms with Crippen LogP contribution >= 0.6 is 0 Å². The predicted molar refractivity (Wildman–Crippen MR) is 139 cm³/mol. The number of rotatable bonds is 9. The molecule has 1 aromatic heterocycles. The number of carbonyl (C=O) groups excluding carboxylic acids is 1. The van der Waals surface area contributed by atoms with E-state index in [4.69, 9.17) is 13.3 Å². The lowest BCUT2D eigenvalue weighted by atomic mass is 10.2. The summed E-state index contributed by atoms with van der Waals surface area (Å²) in [4.78, 5) is 34.8. The van der Waals surface area contributed by atoms with Crippen molar-refractivity contribution in [3.8, 4) is 5.75 Å². The largest absolute Gasteiger partial charge is 0.462 e. The summed E-state index contributed by atoms with van der Waals surface area (Å²) >= 11 is -2.84. The van der Waals surface area contributed by atoms with E-state index in [-0.39, 0.29) is 45.2 Å². The summed E-state index contributed by atoms with van der Waals surface area (Å²) in [6, 6.07) is 14.7. The van der Waals surface area contributed by atoms with Crippen molar-refractivity contribution in [1.82, 2.24) is 0 Å². The summed E-state index contributed by atoms with van der Waals surface area (Å²) in [7, 11) is -4.45. The zero-order valence-electron chi connectivity index (χ0n) is 19.9. The van der Waals surface area contributed by atoms with Crippen molar-refractivity contribution in [3.63, 3.8) is 0 Å². The predicted octanol–water partition coefficient (Wildman–Crippen LogP) is 3.92. The molecule has 1 atom stereocenters. The third kappa shape index (κ3) is 5.79.